The molecule has 6 heteroatoms. The van der Waals surface area contributed by atoms with Gasteiger partial charge in [-0.15, -0.1) is 0 Å². The maximum absolute atomic E-state index is 11.5. The molecule has 0 radical (unpaired) electrons. The van der Waals surface area contributed by atoms with Crippen LogP contribution in [0.1, 0.15) is 12.5 Å². The van der Waals surface area contributed by atoms with E-state index in [-0.39, 0.29) is 18.1 Å². The zero-order valence-corrected chi connectivity index (χ0v) is 12.5. The smallest absolute Gasteiger partial charge is 0.151 e. The molecular weight excluding hydrogens is 274 g/mol. The van der Waals surface area contributed by atoms with Gasteiger partial charge in [0.1, 0.15) is 5.82 Å². The highest BCUT2D eigenvalue weighted by Crippen LogP contribution is 2.23. The number of aryl methyl sites for hydroxylation is 2. The molecule has 2 rings (SSSR count). The summed E-state index contributed by atoms with van der Waals surface area (Å²) in [4.78, 5) is 0. The molecule has 2 N–H and O–H groups in total. The quantitative estimate of drug-likeness (QED) is 0.913. The zero-order chi connectivity index (χ0) is 14.8. The summed E-state index contributed by atoms with van der Waals surface area (Å²) >= 11 is 0. The highest BCUT2D eigenvalue weighted by molar-refractivity contribution is 7.91. The maximum Gasteiger partial charge on any atom is 0.151 e. The number of nitrogen functional groups attached to an aromatic ring is 1. The van der Waals surface area contributed by atoms with Crippen molar-refractivity contribution in [3.63, 3.8) is 0 Å². The van der Waals surface area contributed by atoms with E-state index in [1.54, 1.807) is 17.7 Å². The Labute approximate surface area is 119 Å². The third-order valence-corrected chi connectivity index (χ3v) is 4.97. The van der Waals surface area contributed by atoms with Crippen LogP contribution in [0, 0.1) is 6.92 Å². The molecular formula is C14H19N3O2S. The van der Waals surface area contributed by atoms with Gasteiger partial charge in [0.15, 0.2) is 9.84 Å². The van der Waals surface area contributed by atoms with Gasteiger partial charge in [-0.2, -0.15) is 5.10 Å². The Morgan fingerprint density at radius 3 is 2.65 bits per heavy atom. The molecule has 0 aliphatic heterocycles. The Kier molecular flexibility index (Phi) is 4.13. The minimum absolute atomic E-state index is 0.0581. The predicted octanol–water partition coefficient (Wildman–Crippen LogP) is 1.88. The van der Waals surface area contributed by atoms with Crippen LogP contribution in [0.25, 0.3) is 11.3 Å². The number of sulfone groups is 1. The summed E-state index contributed by atoms with van der Waals surface area (Å²) in [7, 11) is -3.01. The normalized spacial score (nSPS) is 11.7. The second-order valence-corrected chi connectivity index (χ2v) is 7.20. The fourth-order valence-electron chi connectivity index (χ4n) is 1.97. The monoisotopic (exact) mass is 293 g/mol. The number of rotatable bonds is 5. The Bertz CT molecular complexity index is 705. The molecule has 0 aliphatic carbocycles. The minimum Gasteiger partial charge on any atom is -0.384 e. The zero-order valence-electron chi connectivity index (χ0n) is 11.7. The van der Waals surface area contributed by atoms with Gasteiger partial charge in [-0.05, 0) is 12.5 Å². The summed E-state index contributed by atoms with van der Waals surface area (Å²) in [6.45, 7) is 3.93. The van der Waals surface area contributed by atoms with Gasteiger partial charge in [-0.1, -0.05) is 31.2 Å². The van der Waals surface area contributed by atoms with E-state index in [9.17, 15) is 8.42 Å². The summed E-state index contributed by atoms with van der Waals surface area (Å²) in [5.41, 5.74) is 8.80. The van der Waals surface area contributed by atoms with Gasteiger partial charge in [0, 0.05) is 17.4 Å². The van der Waals surface area contributed by atoms with Crippen molar-refractivity contribution < 1.29 is 8.42 Å². The topological polar surface area (TPSA) is 78.0 Å². The van der Waals surface area contributed by atoms with Crippen LogP contribution in [-0.2, 0) is 16.4 Å². The van der Waals surface area contributed by atoms with Crippen LogP contribution >= 0.6 is 0 Å². The van der Waals surface area contributed by atoms with Gasteiger partial charge in [-0.25, -0.2) is 13.1 Å². The summed E-state index contributed by atoms with van der Waals surface area (Å²) in [5, 5.41) is 4.41. The number of hydrogen-bond acceptors (Lipinski definition) is 4. The number of nitrogens with zero attached hydrogens (tertiary/aromatic N) is 2. The highest BCUT2D eigenvalue weighted by atomic mass is 32.2. The number of aromatic nitrogens is 2. The van der Waals surface area contributed by atoms with Gasteiger partial charge in [0.05, 0.1) is 18.0 Å². The molecule has 20 heavy (non-hydrogen) atoms. The van der Waals surface area contributed by atoms with Crippen molar-refractivity contribution in [1.82, 2.24) is 9.78 Å². The Morgan fingerprint density at radius 1 is 1.30 bits per heavy atom. The second kappa shape index (κ2) is 5.66. The predicted molar refractivity (Wildman–Crippen MR) is 81.1 cm³/mol. The SMILES string of the molecule is CCS(=O)(=O)CCn1nc(-c2ccccc2C)cc1N. The van der Waals surface area contributed by atoms with E-state index in [0.717, 1.165) is 16.8 Å². The molecule has 0 bridgehead atoms. The van der Waals surface area contributed by atoms with Crippen molar-refractivity contribution in [2.45, 2.75) is 20.4 Å². The molecule has 1 aromatic heterocycles. The van der Waals surface area contributed by atoms with Crippen molar-refractivity contribution in [3.8, 4) is 11.3 Å². The molecule has 0 aliphatic rings. The molecule has 1 heterocycles. The molecule has 0 atom stereocenters. The lowest BCUT2D eigenvalue weighted by molar-refractivity contribution is 0.583. The van der Waals surface area contributed by atoms with E-state index < -0.39 is 9.84 Å². The van der Waals surface area contributed by atoms with Crippen LogP contribution in [0.3, 0.4) is 0 Å². The van der Waals surface area contributed by atoms with Crippen LogP contribution in [-0.4, -0.2) is 29.7 Å². The molecule has 0 fully saturated rings. The molecule has 0 saturated heterocycles. The summed E-state index contributed by atoms with van der Waals surface area (Å²) < 4.78 is 24.6. The average molecular weight is 293 g/mol. The van der Waals surface area contributed by atoms with E-state index >= 15 is 0 Å². The van der Waals surface area contributed by atoms with Crippen LogP contribution < -0.4 is 5.73 Å². The summed E-state index contributed by atoms with van der Waals surface area (Å²) in [5.74, 6) is 0.677. The Hall–Kier alpha value is -1.82. The first-order valence-corrected chi connectivity index (χ1v) is 8.35. The van der Waals surface area contributed by atoms with Gasteiger partial charge in [0.25, 0.3) is 0 Å². The second-order valence-electron chi connectivity index (χ2n) is 4.73. The first-order valence-electron chi connectivity index (χ1n) is 6.52. The summed E-state index contributed by atoms with van der Waals surface area (Å²) in [6.07, 6.45) is 0. The van der Waals surface area contributed by atoms with Crippen LogP contribution in [0.2, 0.25) is 0 Å². The third kappa shape index (κ3) is 3.19. The van der Waals surface area contributed by atoms with Crippen LogP contribution in [0.4, 0.5) is 5.82 Å². The van der Waals surface area contributed by atoms with Gasteiger partial charge in [-0.3, -0.25) is 0 Å². The van der Waals surface area contributed by atoms with Crippen molar-refractivity contribution in [2.24, 2.45) is 0 Å². The molecule has 0 saturated carbocycles. The van der Waals surface area contributed by atoms with Crippen molar-refractivity contribution in [1.29, 1.82) is 0 Å². The largest absolute Gasteiger partial charge is 0.384 e. The Balaban J connectivity index is 2.25. The highest BCUT2D eigenvalue weighted by Gasteiger charge is 2.12. The van der Waals surface area contributed by atoms with Crippen molar-refractivity contribution in [2.75, 3.05) is 17.2 Å². The molecule has 2 aromatic rings. The lowest BCUT2D eigenvalue weighted by Crippen LogP contribution is -2.16. The standard InChI is InChI=1S/C14H19N3O2S/c1-3-20(18,19)9-8-17-14(15)10-13(16-17)12-7-5-4-6-11(12)2/h4-7,10H,3,8-9,15H2,1-2H3. The van der Waals surface area contributed by atoms with Crippen LogP contribution in [0.15, 0.2) is 30.3 Å². The number of anilines is 1. The average Bonchev–Trinajstić information content (AvgIpc) is 2.78. The third-order valence-electron chi connectivity index (χ3n) is 3.29. The molecule has 1 aromatic carbocycles. The number of benzene rings is 1. The van der Waals surface area contributed by atoms with E-state index in [2.05, 4.69) is 5.10 Å². The molecule has 5 nitrogen and oxygen atoms in total. The number of nitrogens with two attached hydrogens (primary N) is 1. The van der Waals surface area contributed by atoms with E-state index in [4.69, 9.17) is 5.73 Å². The molecule has 0 amide bonds. The lowest BCUT2D eigenvalue weighted by atomic mass is 10.1. The number of hydrogen-bond donors (Lipinski definition) is 1. The van der Waals surface area contributed by atoms with E-state index in [1.807, 2.05) is 31.2 Å². The first-order chi connectivity index (χ1) is 9.43. The van der Waals surface area contributed by atoms with Gasteiger partial charge < -0.3 is 5.73 Å². The lowest BCUT2D eigenvalue weighted by Gasteiger charge is -2.04. The summed E-state index contributed by atoms with van der Waals surface area (Å²) in [6, 6.07) is 9.67. The van der Waals surface area contributed by atoms with Crippen molar-refractivity contribution in [3.05, 3.63) is 35.9 Å². The van der Waals surface area contributed by atoms with Crippen LogP contribution in [0.5, 0.6) is 0 Å². The van der Waals surface area contributed by atoms with E-state index in [1.165, 1.54) is 0 Å². The fourth-order valence-corrected chi connectivity index (χ4v) is 2.71. The van der Waals surface area contributed by atoms with Crippen molar-refractivity contribution >= 4 is 15.7 Å². The first kappa shape index (κ1) is 14.6. The maximum atomic E-state index is 11.5. The molecule has 108 valence electrons. The van der Waals surface area contributed by atoms with Gasteiger partial charge >= 0.3 is 0 Å². The molecule has 0 unspecified atom stereocenters. The molecule has 0 spiro atoms. The minimum atomic E-state index is -3.01. The van der Waals surface area contributed by atoms with Gasteiger partial charge in [0.2, 0.25) is 0 Å². The van der Waals surface area contributed by atoms with E-state index in [0.29, 0.717) is 5.82 Å². The fraction of sp³-hybridized carbons (Fsp3) is 0.357. The Morgan fingerprint density at radius 2 is 2.00 bits per heavy atom.